The Morgan fingerprint density at radius 3 is 2.92 bits per heavy atom. The number of esters is 1. The maximum absolute atomic E-state index is 11.2. The van der Waals surface area contributed by atoms with E-state index in [-0.39, 0.29) is 17.3 Å². The van der Waals surface area contributed by atoms with Crippen LogP contribution in [-0.4, -0.2) is 29.0 Å². The highest BCUT2D eigenvalue weighted by molar-refractivity contribution is 8.15. The summed E-state index contributed by atoms with van der Waals surface area (Å²) in [6.45, 7) is 4.05. The van der Waals surface area contributed by atoms with Crippen LogP contribution in [0.4, 0.5) is 0 Å². The minimum absolute atomic E-state index is 0.0611. The number of hydrogen-bond donors (Lipinski definition) is 1. The molecule has 0 aromatic rings. The molecule has 4 nitrogen and oxygen atoms in total. The number of amidine groups is 1. The summed E-state index contributed by atoms with van der Waals surface area (Å²) in [5, 5.41) is 0.227. The van der Waals surface area contributed by atoms with Crippen LogP contribution in [0.25, 0.3) is 0 Å². The van der Waals surface area contributed by atoms with Gasteiger partial charge in [-0.1, -0.05) is 11.8 Å². The molecule has 1 aliphatic heterocycles. The number of ether oxygens (including phenoxy) is 1. The molecule has 0 aromatic carbocycles. The molecule has 1 aliphatic rings. The minimum atomic E-state index is -0.245. The van der Waals surface area contributed by atoms with Crippen molar-refractivity contribution in [2.24, 2.45) is 10.7 Å². The number of aliphatic imine (C=N–C) groups is 1. The van der Waals surface area contributed by atoms with Crippen molar-refractivity contribution in [3.63, 3.8) is 0 Å². The van der Waals surface area contributed by atoms with E-state index in [1.54, 1.807) is 6.92 Å². The van der Waals surface area contributed by atoms with Crippen molar-refractivity contribution in [1.29, 1.82) is 0 Å². The number of nitrogens with zero attached hydrogens (tertiary/aromatic N) is 1. The molecule has 1 heterocycles. The topological polar surface area (TPSA) is 64.7 Å². The molecule has 0 unspecified atom stereocenters. The second kappa shape index (κ2) is 3.80. The normalized spacial score (nSPS) is 28.3. The van der Waals surface area contributed by atoms with Crippen molar-refractivity contribution in [3.05, 3.63) is 0 Å². The highest BCUT2D eigenvalue weighted by Gasteiger charge is 2.32. The van der Waals surface area contributed by atoms with Crippen LogP contribution < -0.4 is 5.73 Å². The summed E-state index contributed by atoms with van der Waals surface area (Å²) in [6, 6.07) is -0.0611. The molecule has 68 valence electrons. The number of carbonyl (C=O) groups is 1. The Balaban J connectivity index is 2.51. The standard InChI is InChI=1S/C7H12N2O2S/c1-3-11-6(10)5-4(2)9-7(8)12-5/h4-5H,3H2,1-2H3,(H2,8,9)/t4-,5+/m0/s1. The maximum Gasteiger partial charge on any atom is 0.321 e. The number of carbonyl (C=O) groups excluding carboxylic acids is 1. The second-order valence-corrected chi connectivity index (χ2v) is 3.66. The van der Waals surface area contributed by atoms with E-state index in [1.165, 1.54) is 11.8 Å². The van der Waals surface area contributed by atoms with Gasteiger partial charge in [0.2, 0.25) is 0 Å². The van der Waals surface area contributed by atoms with Gasteiger partial charge in [0, 0.05) is 0 Å². The van der Waals surface area contributed by atoms with Crippen molar-refractivity contribution >= 4 is 22.9 Å². The Kier molecular flexibility index (Phi) is 2.97. The van der Waals surface area contributed by atoms with Crippen molar-refractivity contribution in [2.75, 3.05) is 6.61 Å². The van der Waals surface area contributed by atoms with Crippen LogP contribution in [0.3, 0.4) is 0 Å². The molecular weight excluding hydrogens is 176 g/mol. The summed E-state index contributed by atoms with van der Waals surface area (Å²) in [5.41, 5.74) is 5.45. The Bertz CT molecular complexity index is 217. The molecule has 0 bridgehead atoms. The zero-order chi connectivity index (χ0) is 9.14. The van der Waals surface area contributed by atoms with E-state index in [4.69, 9.17) is 10.5 Å². The van der Waals surface area contributed by atoms with Gasteiger partial charge in [-0.3, -0.25) is 9.79 Å². The molecule has 1 rings (SSSR count). The third-order valence-corrected chi connectivity index (χ3v) is 2.72. The van der Waals surface area contributed by atoms with Crippen LogP contribution in [0.5, 0.6) is 0 Å². The molecule has 2 atom stereocenters. The molecule has 0 amide bonds. The average Bonchev–Trinajstić information content (AvgIpc) is 2.30. The van der Waals surface area contributed by atoms with E-state index in [2.05, 4.69) is 4.99 Å². The molecule has 2 N–H and O–H groups in total. The molecule has 12 heavy (non-hydrogen) atoms. The fourth-order valence-corrected chi connectivity index (χ4v) is 1.91. The zero-order valence-corrected chi connectivity index (χ0v) is 7.93. The molecule has 0 radical (unpaired) electrons. The smallest absolute Gasteiger partial charge is 0.321 e. The quantitative estimate of drug-likeness (QED) is 0.636. The summed E-state index contributed by atoms with van der Waals surface area (Å²) < 4.78 is 4.86. The first-order valence-corrected chi connectivity index (χ1v) is 4.69. The molecule has 0 aliphatic carbocycles. The van der Waals surface area contributed by atoms with Crippen LogP contribution in [0, 0.1) is 0 Å². The van der Waals surface area contributed by atoms with Crippen molar-refractivity contribution in [2.45, 2.75) is 25.1 Å². The Morgan fingerprint density at radius 2 is 2.50 bits per heavy atom. The van der Waals surface area contributed by atoms with Gasteiger partial charge in [-0.25, -0.2) is 0 Å². The monoisotopic (exact) mass is 188 g/mol. The van der Waals surface area contributed by atoms with Crippen LogP contribution in [0.2, 0.25) is 0 Å². The first-order chi connectivity index (χ1) is 5.65. The lowest BCUT2D eigenvalue weighted by Gasteiger charge is -2.10. The zero-order valence-electron chi connectivity index (χ0n) is 7.11. The first-order valence-electron chi connectivity index (χ1n) is 3.81. The lowest BCUT2D eigenvalue weighted by atomic mass is 10.2. The fourth-order valence-electron chi connectivity index (χ4n) is 0.997. The first kappa shape index (κ1) is 9.38. The summed E-state index contributed by atoms with van der Waals surface area (Å²) in [5.74, 6) is -0.223. The van der Waals surface area contributed by atoms with Gasteiger partial charge >= 0.3 is 5.97 Å². The van der Waals surface area contributed by atoms with Gasteiger partial charge in [-0.15, -0.1) is 0 Å². The fraction of sp³-hybridized carbons (Fsp3) is 0.714. The molecule has 0 saturated carbocycles. The van der Waals surface area contributed by atoms with Crippen LogP contribution in [0.1, 0.15) is 13.8 Å². The molecule has 0 spiro atoms. The number of hydrogen-bond acceptors (Lipinski definition) is 5. The predicted molar refractivity (Wildman–Crippen MR) is 49.1 cm³/mol. The van der Waals surface area contributed by atoms with Crippen molar-refractivity contribution in [1.82, 2.24) is 0 Å². The van der Waals surface area contributed by atoms with Crippen molar-refractivity contribution < 1.29 is 9.53 Å². The van der Waals surface area contributed by atoms with Gasteiger partial charge in [-0.2, -0.15) is 0 Å². The SMILES string of the molecule is CCOC(=O)[C@@H]1SC(N)=N[C@H]1C. The summed E-state index contributed by atoms with van der Waals surface area (Å²) >= 11 is 1.27. The predicted octanol–water partition coefficient (Wildman–Crippen LogP) is 0.368. The lowest BCUT2D eigenvalue weighted by molar-refractivity contribution is -0.142. The van der Waals surface area contributed by atoms with E-state index in [0.717, 1.165) is 0 Å². The highest BCUT2D eigenvalue weighted by atomic mass is 32.2. The van der Waals surface area contributed by atoms with E-state index in [0.29, 0.717) is 11.8 Å². The summed E-state index contributed by atoms with van der Waals surface area (Å²) in [4.78, 5) is 15.3. The summed E-state index contributed by atoms with van der Waals surface area (Å²) in [7, 11) is 0. The minimum Gasteiger partial charge on any atom is -0.465 e. The van der Waals surface area contributed by atoms with E-state index >= 15 is 0 Å². The molecular formula is C7H12N2O2S. The van der Waals surface area contributed by atoms with Gasteiger partial charge in [0.05, 0.1) is 12.6 Å². The Hall–Kier alpha value is -0.710. The van der Waals surface area contributed by atoms with Gasteiger partial charge in [0.15, 0.2) is 5.17 Å². The second-order valence-electron chi connectivity index (χ2n) is 2.50. The van der Waals surface area contributed by atoms with Crippen LogP contribution >= 0.6 is 11.8 Å². The molecule has 0 fully saturated rings. The average molecular weight is 188 g/mol. The molecule has 5 heteroatoms. The number of rotatable bonds is 2. The Morgan fingerprint density at radius 1 is 1.83 bits per heavy atom. The van der Waals surface area contributed by atoms with E-state index < -0.39 is 0 Å². The van der Waals surface area contributed by atoms with Gasteiger partial charge < -0.3 is 10.5 Å². The van der Waals surface area contributed by atoms with Gasteiger partial charge in [-0.05, 0) is 13.8 Å². The Labute approximate surface area is 75.6 Å². The molecule has 0 saturated heterocycles. The molecule has 0 aromatic heterocycles. The number of thioether (sulfide) groups is 1. The van der Waals surface area contributed by atoms with Crippen LogP contribution in [0.15, 0.2) is 4.99 Å². The van der Waals surface area contributed by atoms with Crippen molar-refractivity contribution in [3.8, 4) is 0 Å². The third kappa shape index (κ3) is 1.91. The van der Waals surface area contributed by atoms with Gasteiger partial charge in [0.25, 0.3) is 0 Å². The van der Waals surface area contributed by atoms with Crippen LogP contribution in [-0.2, 0) is 9.53 Å². The summed E-state index contributed by atoms with van der Waals surface area (Å²) in [6.07, 6.45) is 0. The number of nitrogens with two attached hydrogens (primary N) is 1. The highest BCUT2D eigenvalue weighted by Crippen LogP contribution is 2.25. The largest absolute Gasteiger partial charge is 0.465 e. The maximum atomic E-state index is 11.2. The lowest BCUT2D eigenvalue weighted by Crippen LogP contribution is -2.27. The third-order valence-electron chi connectivity index (χ3n) is 1.54. The van der Waals surface area contributed by atoms with Gasteiger partial charge in [0.1, 0.15) is 5.25 Å². The van der Waals surface area contributed by atoms with E-state index in [9.17, 15) is 4.79 Å². The van der Waals surface area contributed by atoms with E-state index in [1.807, 2.05) is 6.92 Å².